The Labute approximate surface area is 120 Å². The van der Waals surface area contributed by atoms with Gasteiger partial charge in [-0.05, 0) is 47.3 Å². The normalized spacial score (nSPS) is 18.9. The molecule has 0 aliphatic carbocycles. The number of hydrogen-bond acceptors (Lipinski definition) is 3. The summed E-state index contributed by atoms with van der Waals surface area (Å²) in [5, 5.41) is 18.3. The molecule has 1 aromatic rings. The molecule has 1 atom stereocenters. The smallest absolute Gasteiger partial charge is 0.305 e. The molecule has 1 aliphatic heterocycles. The summed E-state index contributed by atoms with van der Waals surface area (Å²) in [5.41, 5.74) is 1.42. The first-order chi connectivity index (χ1) is 9.13. The number of benzene rings is 1. The lowest BCUT2D eigenvalue weighted by Crippen LogP contribution is -2.41. The molecule has 0 spiro atoms. The number of nitriles is 1. The van der Waals surface area contributed by atoms with Gasteiger partial charge in [-0.2, -0.15) is 5.26 Å². The van der Waals surface area contributed by atoms with E-state index in [-0.39, 0.29) is 12.5 Å². The summed E-state index contributed by atoms with van der Waals surface area (Å²) in [6.45, 7) is 0.809. The topological polar surface area (TPSA) is 64.3 Å². The third-order valence-electron chi connectivity index (χ3n) is 3.45. The van der Waals surface area contributed by atoms with Crippen LogP contribution in [0.3, 0.4) is 0 Å². The van der Waals surface area contributed by atoms with E-state index < -0.39 is 5.97 Å². The number of carbonyl (C=O) groups is 1. The van der Waals surface area contributed by atoms with Crippen LogP contribution in [0.25, 0.3) is 0 Å². The molecule has 1 aromatic carbocycles. The molecule has 0 aromatic heterocycles. The van der Waals surface area contributed by atoms with Gasteiger partial charge < -0.3 is 10.0 Å². The summed E-state index contributed by atoms with van der Waals surface area (Å²) in [5.74, 6) is -0.787. The van der Waals surface area contributed by atoms with Crippen molar-refractivity contribution < 1.29 is 9.90 Å². The van der Waals surface area contributed by atoms with Gasteiger partial charge in [0.25, 0.3) is 0 Å². The van der Waals surface area contributed by atoms with Gasteiger partial charge in [0, 0.05) is 17.1 Å². The minimum Gasteiger partial charge on any atom is -0.481 e. The van der Waals surface area contributed by atoms with Gasteiger partial charge in [-0.1, -0.05) is 6.07 Å². The van der Waals surface area contributed by atoms with Gasteiger partial charge in [0.1, 0.15) is 6.07 Å². The van der Waals surface area contributed by atoms with Crippen molar-refractivity contribution in [3.8, 4) is 6.07 Å². The van der Waals surface area contributed by atoms with Crippen LogP contribution in [0, 0.1) is 11.3 Å². The van der Waals surface area contributed by atoms with Crippen LogP contribution in [0.15, 0.2) is 22.7 Å². The molecule has 2 rings (SSSR count). The van der Waals surface area contributed by atoms with Crippen molar-refractivity contribution in [2.45, 2.75) is 31.7 Å². The molecule has 19 heavy (non-hydrogen) atoms. The molecule has 0 radical (unpaired) electrons. The first-order valence-electron chi connectivity index (χ1n) is 6.30. The molecule has 1 N–H and O–H groups in total. The number of aliphatic carboxylic acids is 1. The predicted octanol–water partition coefficient (Wildman–Crippen LogP) is 3.15. The van der Waals surface area contributed by atoms with Crippen molar-refractivity contribution in [2.75, 3.05) is 11.4 Å². The molecule has 0 amide bonds. The van der Waals surface area contributed by atoms with Gasteiger partial charge in [0.15, 0.2) is 0 Å². The molecule has 1 heterocycles. The Bertz CT molecular complexity index is 525. The van der Waals surface area contributed by atoms with Gasteiger partial charge in [0.05, 0.1) is 17.7 Å². The van der Waals surface area contributed by atoms with Crippen LogP contribution in [0.1, 0.15) is 31.2 Å². The zero-order valence-corrected chi connectivity index (χ0v) is 12.1. The average molecular weight is 323 g/mol. The number of carboxylic acid groups (broad SMARTS) is 1. The van der Waals surface area contributed by atoms with Gasteiger partial charge in [-0.15, -0.1) is 0 Å². The summed E-state index contributed by atoms with van der Waals surface area (Å²) in [6, 6.07) is 7.78. The van der Waals surface area contributed by atoms with Crippen molar-refractivity contribution in [3.63, 3.8) is 0 Å². The van der Waals surface area contributed by atoms with E-state index in [2.05, 4.69) is 26.9 Å². The van der Waals surface area contributed by atoms with Gasteiger partial charge in [0.2, 0.25) is 0 Å². The number of piperidine rings is 1. The average Bonchev–Trinajstić information content (AvgIpc) is 2.38. The van der Waals surface area contributed by atoms with Crippen molar-refractivity contribution in [1.29, 1.82) is 5.26 Å². The Balaban J connectivity index is 2.35. The maximum Gasteiger partial charge on any atom is 0.305 e. The fourth-order valence-electron chi connectivity index (χ4n) is 2.59. The van der Waals surface area contributed by atoms with Gasteiger partial charge in [-0.3, -0.25) is 4.79 Å². The van der Waals surface area contributed by atoms with Gasteiger partial charge in [-0.25, -0.2) is 0 Å². The molecule has 1 aliphatic rings. The molecule has 0 bridgehead atoms. The summed E-state index contributed by atoms with van der Waals surface area (Å²) in [4.78, 5) is 13.0. The van der Waals surface area contributed by atoms with E-state index in [1.54, 1.807) is 0 Å². The first-order valence-corrected chi connectivity index (χ1v) is 7.10. The van der Waals surface area contributed by atoms with Crippen molar-refractivity contribution in [3.05, 3.63) is 28.2 Å². The third kappa shape index (κ3) is 3.07. The Morgan fingerprint density at radius 3 is 3.00 bits per heavy atom. The third-order valence-corrected chi connectivity index (χ3v) is 4.11. The van der Waals surface area contributed by atoms with E-state index in [1.807, 2.05) is 18.2 Å². The number of nitrogens with zero attached hydrogens (tertiary/aromatic N) is 2. The molecular formula is C14H15BrN2O2. The Morgan fingerprint density at radius 1 is 1.53 bits per heavy atom. The van der Waals surface area contributed by atoms with Gasteiger partial charge >= 0.3 is 5.97 Å². The number of hydrogen-bond donors (Lipinski definition) is 1. The van der Waals surface area contributed by atoms with Crippen LogP contribution in [-0.2, 0) is 4.79 Å². The second-order valence-electron chi connectivity index (χ2n) is 4.69. The minimum atomic E-state index is -0.787. The second-order valence-corrected chi connectivity index (χ2v) is 5.54. The first kappa shape index (κ1) is 13.9. The molecule has 100 valence electrons. The molecule has 5 heteroatoms. The molecular weight excluding hydrogens is 308 g/mol. The van der Waals surface area contributed by atoms with Crippen LogP contribution in [0.2, 0.25) is 0 Å². The minimum absolute atomic E-state index is 0.0207. The summed E-state index contributed by atoms with van der Waals surface area (Å²) >= 11 is 3.38. The lowest BCUT2D eigenvalue weighted by Gasteiger charge is -2.37. The second kappa shape index (κ2) is 6.07. The molecule has 0 saturated carbocycles. The Hall–Kier alpha value is -1.54. The van der Waals surface area contributed by atoms with Crippen molar-refractivity contribution in [1.82, 2.24) is 0 Å². The molecule has 1 fully saturated rings. The van der Waals surface area contributed by atoms with Crippen LogP contribution in [0.5, 0.6) is 0 Å². The highest BCUT2D eigenvalue weighted by molar-refractivity contribution is 9.10. The van der Waals surface area contributed by atoms with Crippen molar-refractivity contribution >= 4 is 27.6 Å². The highest BCUT2D eigenvalue weighted by Crippen LogP contribution is 2.32. The monoisotopic (exact) mass is 322 g/mol. The fourth-order valence-corrected chi connectivity index (χ4v) is 3.04. The van der Waals surface area contributed by atoms with Crippen LogP contribution in [-0.4, -0.2) is 23.7 Å². The molecule has 1 saturated heterocycles. The van der Waals surface area contributed by atoms with Crippen LogP contribution in [0.4, 0.5) is 5.69 Å². The van der Waals surface area contributed by atoms with E-state index >= 15 is 0 Å². The SMILES string of the molecule is N#Cc1c(Br)cccc1N1CCCCC1CC(=O)O. The highest BCUT2D eigenvalue weighted by atomic mass is 79.9. The van der Waals surface area contributed by atoms with E-state index in [0.717, 1.165) is 36.0 Å². The summed E-state index contributed by atoms with van der Waals surface area (Å²) in [7, 11) is 0. The number of halogens is 1. The van der Waals surface area contributed by atoms with E-state index in [1.165, 1.54) is 0 Å². The van der Waals surface area contributed by atoms with E-state index in [9.17, 15) is 10.1 Å². The Kier molecular flexibility index (Phi) is 4.43. The van der Waals surface area contributed by atoms with Crippen LogP contribution >= 0.6 is 15.9 Å². The largest absolute Gasteiger partial charge is 0.481 e. The maximum atomic E-state index is 11.0. The van der Waals surface area contributed by atoms with Crippen molar-refractivity contribution in [2.24, 2.45) is 0 Å². The predicted molar refractivity (Wildman–Crippen MR) is 76.1 cm³/mol. The molecule has 4 nitrogen and oxygen atoms in total. The van der Waals surface area contributed by atoms with E-state index in [4.69, 9.17) is 5.11 Å². The number of carboxylic acids is 1. The number of anilines is 1. The molecule has 1 unspecified atom stereocenters. The lowest BCUT2D eigenvalue weighted by atomic mass is 9.97. The fraction of sp³-hybridized carbons (Fsp3) is 0.429. The van der Waals surface area contributed by atoms with Crippen LogP contribution < -0.4 is 4.90 Å². The quantitative estimate of drug-likeness (QED) is 0.928. The summed E-state index contributed by atoms with van der Waals surface area (Å²) < 4.78 is 0.757. The highest BCUT2D eigenvalue weighted by Gasteiger charge is 2.26. The maximum absolute atomic E-state index is 11.0. The summed E-state index contributed by atoms with van der Waals surface area (Å²) in [6.07, 6.45) is 3.07. The van der Waals surface area contributed by atoms with E-state index in [0.29, 0.717) is 5.56 Å². The standard InChI is InChI=1S/C14H15BrN2O2/c15-12-5-3-6-13(11(12)9-16)17-7-2-1-4-10(17)8-14(18)19/h3,5-6,10H,1-2,4,7-8H2,(H,18,19). The lowest BCUT2D eigenvalue weighted by molar-refractivity contribution is -0.137. The zero-order chi connectivity index (χ0) is 13.8. The zero-order valence-electron chi connectivity index (χ0n) is 10.5. The number of rotatable bonds is 3. The Morgan fingerprint density at radius 2 is 2.32 bits per heavy atom.